The van der Waals surface area contributed by atoms with E-state index in [1.54, 1.807) is 11.3 Å². The highest BCUT2D eigenvalue weighted by Gasteiger charge is 2.48. The number of hydrogen-bond acceptors (Lipinski definition) is 2. The molecule has 76 valence electrons. The van der Waals surface area contributed by atoms with Crippen LogP contribution in [-0.2, 0) is 0 Å². The fraction of sp³-hybridized carbons (Fsp3) is 0.636. The summed E-state index contributed by atoms with van der Waals surface area (Å²) in [6.45, 7) is 1.24. The van der Waals surface area contributed by atoms with E-state index in [1.165, 1.54) is 41.6 Å². The second-order valence-electron chi connectivity index (χ2n) is 4.57. The van der Waals surface area contributed by atoms with E-state index in [9.17, 15) is 0 Å². The van der Waals surface area contributed by atoms with Gasteiger partial charge in [0, 0.05) is 18.0 Å². The standard InChI is InChI=1S/C11H14BrNS/c12-9-5-8(6-14-9)10-11(7-13-10)3-1-2-4-11/h5-6,10,13H,1-4,7H2. The van der Waals surface area contributed by atoms with Gasteiger partial charge >= 0.3 is 0 Å². The normalized spacial score (nSPS) is 29.4. The molecule has 2 fully saturated rings. The number of nitrogens with one attached hydrogen (secondary N) is 1. The second-order valence-corrected chi connectivity index (χ2v) is 6.86. The summed E-state index contributed by atoms with van der Waals surface area (Å²) in [6.07, 6.45) is 5.73. The van der Waals surface area contributed by atoms with E-state index in [1.807, 2.05) is 0 Å². The maximum atomic E-state index is 3.59. The van der Waals surface area contributed by atoms with Crippen LogP contribution in [0.5, 0.6) is 0 Å². The van der Waals surface area contributed by atoms with E-state index in [-0.39, 0.29) is 0 Å². The minimum atomic E-state index is 0.626. The Morgan fingerprint density at radius 3 is 2.71 bits per heavy atom. The summed E-state index contributed by atoms with van der Waals surface area (Å²) in [5.41, 5.74) is 2.12. The first-order valence-electron chi connectivity index (χ1n) is 5.28. The minimum absolute atomic E-state index is 0.626. The molecule has 1 aromatic rings. The summed E-state index contributed by atoms with van der Waals surface area (Å²) in [5, 5.41) is 5.89. The Labute approximate surface area is 97.0 Å². The van der Waals surface area contributed by atoms with Crippen LogP contribution in [-0.4, -0.2) is 6.54 Å². The van der Waals surface area contributed by atoms with Crippen LogP contribution in [0, 0.1) is 5.41 Å². The fourth-order valence-corrected chi connectivity index (χ4v) is 4.19. The molecule has 0 bridgehead atoms. The minimum Gasteiger partial charge on any atom is -0.309 e. The van der Waals surface area contributed by atoms with Gasteiger partial charge in [-0.2, -0.15) is 0 Å². The first-order chi connectivity index (χ1) is 6.80. The molecule has 1 saturated heterocycles. The molecule has 1 spiro atoms. The fourth-order valence-electron chi connectivity index (χ4n) is 2.98. The van der Waals surface area contributed by atoms with Crippen molar-refractivity contribution in [2.24, 2.45) is 5.41 Å². The lowest BCUT2D eigenvalue weighted by molar-refractivity contribution is 0.0897. The summed E-state index contributed by atoms with van der Waals surface area (Å²) < 4.78 is 1.26. The lowest BCUT2D eigenvalue weighted by Gasteiger charge is -2.48. The van der Waals surface area contributed by atoms with Crippen molar-refractivity contribution in [1.29, 1.82) is 0 Å². The Hall–Kier alpha value is 0.140. The van der Waals surface area contributed by atoms with E-state index in [4.69, 9.17) is 0 Å². The molecule has 1 unspecified atom stereocenters. The summed E-state index contributed by atoms with van der Waals surface area (Å²) >= 11 is 5.34. The van der Waals surface area contributed by atoms with Gasteiger partial charge in [0.1, 0.15) is 0 Å². The summed E-state index contributed by atoms with van der Waals surface area (Å²) in [6, 6.07) is 2.93. The molecule has 1 aromatic heterocycles. The number of hydrogen-bond donors (Lipinski definition) is 1. The highest BCUT2D eigenvalue weighted by molar-refractivity contribution is 9.11. The molecule has 2 heterocycles. The average molecular weight is 272 g/mol. The average Bonchev–Trinajstić information content (AvgIpc) is 2.73. The number of halogens is 1. The molecule has 14 heavy (non-hydrogen) atoms. The van der Waals surface area contributed by atoms with Crippen LogP contribution in [0.1, 0.15) is 37.3 Å². The first kappa shape index (κ1) is 9.37. The molecule has 0 aromatic carbocycles. The third-order valence-electron chi connectivity index (χ3n) is 3.79. The highest BCUT2D eigenvalue weighted by Crippen LogP contribution is 2.53. The van der Waals surface area contributed by atoms with Crippen LogP contribution in [0.15, 0.2) is 15.2 Å². The van der Waals surface area contributed by atoms with E-state index < -0.39 is 0 Å². The number of thiophene rings is 1. The molecule has 3 rings (SSSR count). The topological polar surface area (TPSA) is 12.0 Å². The van der Waals surface area contributed by atoms with Crippen molar-refractivity contribution in [1.82, 2.24) is 5.32 Å². The van der Waals surface area contributed by atoms with Crippen molar-refractivity contribution in [3.05, 3.63) is 20.8 Å². The van der Waals surface area contributed by atoms with Crippen molar-refractivity contribution in [2.45, 2.75) is 31.7 Å². The van der Waals surface area contributed by atoms with E-state index in [0.717, 1.165) is 0 Å². The van der Waals surface area contributed by atoms with Gasteiger partial charge in [0.05, 0.1) is 3.79 Å². The molecule has 1 saturated carbocycles. The molecule has 1 atom stereocenters. The molecule has 1 aliphatic carbocycles. The third kappa shape index (κ3) is 1.29. The van der Waals surface area contributed by atoms with Gasteiger partial charge in [-0.3, -0.25) is 0 Å². The van der Waals surface area contributed by atoms with Crippen LogP contribution >= 0.6 is 27.3 Å². The van der Waals surface area contributed by atoms with Crippen molar-refractivity contribution in [3.63, 3.8) is 0 Å². The smallest absolute Gasteiger partial charge is 0.0701 e. The van der Waals surface area contributed by atoms with E-state index in [0.29, 0.717) is 11.5 Å². The molecule has 0 amide bonds. The SMILES string of the molecule is Brc1cc(C2NCC23CCCC3)cs1. The quantitative estimate of drug-likeness (QED) is 0.821. The van der Waals surface area contributed by atoms with Crippen LogP contribution < -0.4 is 5.32 Å². The molecular formula is C11H14BrNS. The third-order valence-corrected chi connectivity index (χ3v) is 5.31. The van der Waals surface area contributed by atoms with Gasteiger partial charge < -0.3 is 5.32 Å². The van der Waals surface area contributed by atoms with Crippen molar-refractivity contribution in [3.8, 4) is 0 Å². The van der Waals surface area contributed by atoms with Crippen LogP contribution in [0.2, 0.25) is 0 Å². The molecule has 1 N–H and O–H groups in total. The van der Waals surface area contributed by atoms with Gasteiger partial charge in [-0.15, -0.1) is 11.3 Å². The van der Waals surface area contributed by atoms with E-state index in [2.05, 4.69) is 32.7 Å². The Kier molecular flexibility index (Phi) is 2.22. The predicted octanol–water partition coefficient (Wildman–Crippen LogP) is 3.72. The first-order valence-corrected chi connectivity index (χ1v) is 6.95. The number of rotatable bonds is 1. The van der Waals surface area contributed by atoms with Gasteiger partial charge in [0.25, 0.3) is 0 Å². The summed E-state index contributed by atoms with van der Waals surface area (Å²) in [4.78, 5) is 0. The monoisotopic (exact) mass is 271 g/mol. The molecular weight excluding hydrogens is 258 g/mol. The largest absolute Gasteiger partial charge is 0.309 e. The summed E-state index contributed by atoms with van der Waals surface area (Å²) in [7, 11) is 0. The lowest BCUT2D eigenvalue weighted by atomic mass is 9.70. The van der Waals surface area contributed by atoms with Gasteiger partial charge in [-0.25, -0.2) is 0 Å². The molecule has 2 aliphatic rings. The highest BCUT2D eigenvalue weighted by atomic mass is 79.9. The van der Waals surface area contributed by atoms with Crippen molar-refractivity contribution < 1.29 is 0 Å². The Balaban J connectivity index is 1.86. The maximum absolute atomic E-state index is 3.59. The molecule has 3 heteroatoms. The zero-order chi connectivity index (χ0) is 9.60. The van der Waals surface area contributed by atoms with Gasteiger partial charge in [0.2, 0.25) is 0 Å². The van der Waals surface area contributed by atoms with Gasteiger partial charge in [-0.05, 0) is 45.8 Å². The van der Waals surface area contributed by atoms with Crippen LogP contribution in [0.25, 0.3) is 0 Å². The van der Waals surface area contributed by atoms with Crippen LogP contribution in [0.4, 0.5) is 0 Å². The Bertz CT molecular complexity index is 341. The maximum Gasteiger partial charge on any atom is 0.0701 e. The van der Waals surface area contributed by atoms with Crippen molar-refractivity contribution in [2.75, 3.05) is 6.54 Å². The zero-order valence-electron chi connectivity index (χ0n) is 8.05. The predicted molar refractivity (Wildman–Crippen MR) is 63.7 cm³/mol. The van der Waals surface area contributed by atoms with Gasteiger partial charge in [0.15, 0.2) is 0 Å². The zero-order valence-corrected chi connectivity index (χ0v) is 10.5. The van der Waals surface area contributed by atoms with Crippen LogP contribution in [0.3, 0.4) is 0 Å². The Morgan fingerprint density at radius 2 is 2.21 bits per heavy atom. The van der Waals surface area contributed by atoms with Crippen molar-refractivity contribution >= 4 is 27.3 Å². The Morgan fingerprint density at radius 1 is 1.43 bits per heavy atom. The molecule has 0 radical (unpaired) electrons. The molecule has 1 nitrogen and oxygen atoms in total. The summed E-state index contributed by atoms with van der Waals surface area (Å²) in [5.74, 6) is 0. The van der Waals surface area contributed by atoms with Gasteiger partial charge in [-0.1, -0.05) is 12.8 Å². The lowest BCUT2D eigenvalue weighted by Crippen LogP contribution is -2.54. The second kappa shape index (κ2) is 3.32. The molecule has 1 aliphatic heterocycles. The van der Waals surface area contributed by atoms with E-state index >= 15 is 0 Å².